The molecule has 2 rings (SSSR count). The van der Waals surface area contributed by atoms with Gasteiger partial charge in [-0.25, -0.2) is 5.43 Å². The average molecular weight is 437 g/mol. The first-order valence-electron chi connectivity index (χ1n) is 9.75. The molecule has 0 fully saturated rings. The molecule has 1 amide bonds. The number of amides is 1. The van der Waals surface area contributed by atoms with Gasteiger partial charge in [-0.15, -0.1) is 0 Å². The van der Waals surface area contributed by atoms with Gasteiger partial charge in [-0.05, 0) is 58.0 Å². The van der Waals surface area contributed by atoms with E-state index in [9.17, 15) is 18.0 Å². The van der Waals surface area contributed by atoms with Gasteiger partial charge < -0.3 is 14.8 Å². The van der Waals surface area contributed by atoms with Crippen LogP contribution in [-0.2, 0) is 11.0 Å². The number of nitrogens with zero attached hydrogens (tertiary/aromatic N) is 1. The molecule has 0 aliphatic carbocycles. The van der Waals surface area contributed by atoms with Crippen LogP contribution >= 0.6 is 0 Å². The summed E-state index contributed by atoms with van der Waals surface area (Å²) in [6.45, 7) is 7.37. The minimum absolute atomic E-state index is 0.00929. The van der Waals surface area contributed by atoms with E-state index < -0.39 is 17.6 Å². The van der Waals surface area contributed by atoms with Gasteiger partial charge in [-0.1, -0.05) is 6.07 Å². The van der Waals surface area contributed by atoms with E-state index in [1.54, 1.807) is 18.2 Å². The molecule has 2 aromatic carbocycles. The maximum Gasteiger partial charge on any atom is 0.416 e. The molecule has 0 radical (unpaired) electrons. The molecule has 2 aromatic rings. The van der Waals surface area contributed by atoms with Gasteiger partial charge in [0.05, 0.1) is 30.5 Å². The molecule has 0 bridgehead atoms. The second-order valence-corrected chi connectivity index (χ2v) is 7.26. The van der Waals surface area contributed by atoms with Crippen molar-refractivity contribution in [3.63, 3.8) is 0 Å². The van der Waals surface area contributed by atoms with Gasteiger partial charge in [0.1, 0.15) is 11.5 Å². The predicted molar refractivity (Wildman–Crippen MR) is 114 cm³/mol. The highest BCUT2D eigenvalue weighted by atomic mass is 19.4. The van der Waals surface area contributed by atoms with Crippen LogP contribution in [0.2, 0.25) is 0 Å². The van der Waals surface area contributed by atoms with Crippen LogP contribution in [0.4, 0.5) is 18.9 Å². The van der Waals surface area contributed by atoms with E-state index in [2.05, 4.69) is 15.8 Å². The zero-order valence-electron chi connectivity index (χ0n) is 17.8. The zero-order chi connectivity index (χ0) is 23.0. The molecule has 0 aromatic heterocycles. The Balaban J connectivity index is 1.97. The monoisotopic (exact) mass is 437 g/mol. The second kappa shape index (κ2) is 10.7. The third kappa shape index (κ3) is 8.19. The Morgan fingerprint density at radius 2 is 1.77 bits per heavy atom. The van der Waals surface area contributed by atoms with Crippen molar-refractivity contribution in [3.05, 3.63) is 53.6 Å². The van der Waals surface area contributed by atoms with Crippen molar-refractivity contribution in [2.45, 2.75) is 46.1 Å². The lowest BCUT2D eigenvalue weighted by Gasteiger charge is -2.15. The van der Waals surface area contributed by atoms with Gasteiger partial charge in [0.15, 0.2) is 0 Å². The minimum atomic E-state index is -4.45. The molecule has 0 saturated heterocycles. The Kier molecular flexibility index (Phi) is 8.30. The maximum atomic E-state index is 12.7. The van der Waals surface area contributed by atoms with Crippen LogP contribution in [0.1, 0.15) is 38.8 Å². The first kappa shape index (κ1) is 24.0. The molecule has 0 heterocycles. The quantitative estimate of drug-likeness (QED) is 0.435. The molecule has 168 valence electrons. The highest BCUT2D eigenvalue weighted by molar-refractivity contribution is 5.86. The van der Waals surface area contributed by atoms with Crippen molar-refractivity contribution in [2.75, 3.05) is 11.9 Å². The van der Waals surface area contributed by atoms with Crippen LogP contribution in [0, 0.1) is 0 Å². The first-order valence-corrected chi connectivity index (χ1v) is 9.75. The number of benzene rings is 2. The molecule has 0 unspecified atom stereocenters. The summed E-state index contributed by atoms with van der Waals surface area (Å²) < 4.78 is 49.7. The van der Waals surface area contributed by atoms with E-state index in [1.807, 2.05) is 27.7 Å². The Hall–Kier alpha value is -3.23. The van der Waals surface area contributed by atoms with Gasteiger partial charge in [-0.3, -0.25) is 4.79 Å². The van der Waals surface area contributed by atoms with Gasteiger partial charge in [-0.2, -0.15) is 18.3 Å². The van der Waals surface area contributed by atoms with Gasteiger partial charge >= 0.3 is 6.18 Å². The van der Waals surface area contributed by atoms with Crippen LogP contribution in [0.15, 0.2) is 47.6 Å². The molecule has 9 heteroatoms. The maximum absolute atomic E-state index is 12.7. The van der Waals surface area contributed by atoms with Crippen molar-refractivity contribution in [1.29, 1.82) is 0 Å². The van der Waals surface area contributed by atoms with E-state index in [0.29, 0.717) is 17.1 Å². The second-order valence-electron chi connectivity index (χ2n) is 7.26. The van der Waals surface area contributed by atoms with E-state index in [-0.39, 0.29) is 24.4 Å². The normalized spacial score (nSPS) is 11.8. The third-order valence-electron chi connectivity index (χ3n) is 3.76. The summed E-state index contributed by atoms with van der Waals surface area (Å²) >= 11 is 0. The van der Waals surface area contributed by atoms with Gasteiger partial charge in [0.2, 0.25) is 0 Å². The summed E-state index contributed by atoms with van der Waals surface area (Å²) in [5.41, 5.74) is 2.36. The topological polar surface area (TPSA) is 72.0 Å². The van der Waals surface area contributed by atoms with E-state index in [1.165, 1.54) is 18.3 Å². The molecule has 0 saturated carbocycles. The Morgan fingerprint density at radius 3 is 2.42 bits per heavy atom. The number of ether oxygens (including phenoxy) is 2. The number of carbonyl (C=O) groups excluding carboxylic acids is 1. The molecule has 0 aliphatic rings. The number of anilines is 1. The molecule has 6 nitrogen and oxygen atoms in total. The number of carbonyl (C=O) groups is 1. The summed E-state index contributed by atoms with van der Waals surface area (Å²) in [5.74, 6) is 0.685. The molecular formula is C22H26F3N3O3. The Morgan fingerprint density at radius 1 is 1.06 bits per heavy atom. The van der Waals surface area contributed by atoms with Crippen LogP contribution in [0.5, 0.6) is 11.5 Å². The number of hydrogen-bond acceptors (Lipinski definition) is 5. The minimum Gasteiger partial charge on any atom is -0.491 e. The standard InChI is InChI=1S/C22H26F3N3O3/c1-14(2)30-19-9-8-16(20(11-19)31-15(3)4)12-27-28-21(29)13-26-18-7-5-6-17(10-18)22(23,24)25/h5-12,14-15,26H,13H2,1-4H3,(H,28,29)/b27-12-. The Labute approximate surface area is 179 Å². The van der Waals surface area contributed by atoms with Crippen LogP contribution in [-0.4, -0.2) is 30.9 Å². The fraction of sp³-hybridized carbons (Fsp3) is 0.364. The SMILES string of the molecule is CC(C)Oc1ccc(/C=N\NC(=O)CNc2cccc(C(F)(F)F)c2)c(OC(C)C)c1. The molecule has 31 heavy (non-hydrogen) atoms. The molecule has 0 aliphatic heterocycles. The summed E-state index contributed by atoms with van der Waals surface area (Å²) in [6, 6.07) is 9.89. The zero-order valence-corrected chi connectivity index (χ0v) is 17.8. The fourth-order valence-electron chi connectivity index (χ4n) is 2.52. The van der Waals surface area contributed by atoms with E-state index >= 15 is 0 Å². The van der Waals surface area contributed by atoms with Crippen molar-refractivity contribution in [2.24, 2.45) is 5.10 Å². The third-order valence-corrected chi connectivity index (χ3v) is 3.76. The van der Waals surface area contributed by atoms with Crippen molar-refractivity contribution in [1.82, 2.24) is 5.43 Å². The number of halogens is 3. The summed E-state index contributed by atoms with van der Waals surface area (Å²) in [6.07, 6.45) is -3.09. The molecular weight excluding hydrogens is 411 g/mol. The smallest absolute Gasteiger partial charge is 0.416 e. The van der Waals surface area contributed by atoms with Gasteiger partial charge in [0, 0.05) is 17.3 Å². The lowest BCUT2D eigenvalue weighted by molar-refractivity contribution is -0.137. The number of hydrogen-bond donors (Lipinski definition) is 2. The van der Waals surface area contributed by atoms with Crippen LogP contribution < -0.4 is 20.2 Å². The lowest BCUT2D eigenvalue weighted by Crippen LogP contribution is -2.26. The largest absolute Gasteiger partial charge is 0.491 e. The number of rotatable bonds is 9. The molecule has 2 N–H and O–H groups in total. The van der Waals surface area contributed by atoms with E-state index in [4.69, 9.17) is 9.47 Å². The fourth-order valence-corrected chi connectivity index (χ4v) is 2.52. The van der Waals surface area contributed by atoms with Crippen molar-refractivity contribution in [3.8, 4) is 11.5 Å². The highest BCUT2D eigenvalue weighted by Crippen LogP contribution is 2.30. The van der Waals surface area contributed by atoms with Crippen molar-refractivity contribution >= 4 is 17.8 Å². The predicted octanol–water partition coefficient (Wildman–Crippen LogP) is 4.84. The molecule has 0 spiro atoms. The van der Waals surface area contributed by atoms with Crippen LogP contribution in [0.25, 0.3) is 0 Å². The van der Waals surface area contributed by atoms with E-state index in [0.717, 1.165) is 12.1 Å². The average Bonchev–Trinajstić information content (AvgIpc) is 2.66. The Bertz CT molecular complexity index is 912. The summed E-state index contributed by atoms with van der Waals surface area (Å²) in [5, 5.41) is 6.55. The number of hydrazone groups is 1. The van der Waals surface area contributed by atoms with Gasteiger partial charge in [0.25, 0.3) is 5.91 Å². The summed E-state index contributed by atoms with van der Waals surface area (Å²) in [7, 11) is 0. The first-order chi connectivity index (χ1) is 14.5. The van der Waals surface area contributed by atoms with Crippen LogP contribution in [0.3, 0.4) is 0 Å². The van der Waals surface area contributed by atoms with Crippen molar-refractivity contribution < 1.29 is 27.4 Å². The summed E-state index contributed by atoms with van der Waals surface area (Å²) in [4.78, 5) is 12.0. The molecule has 0 atom stereocenters. The lowest BCUT2D eigenvalue weighted by atomic mass is 10.2. The number of nitrogens with one attached hydrogen (secondary N) is 2. The number of alkyl halides is 3. The highest BCUT2D eigenvalue weighted by Gasteiger charge is 2.30.